The van der Waals surface area contributed by atoms with Crippen LogP contribution in [0.3, 0.4) is 0 Å². The maximum Gasteiger partial charge on any atom is 0.335 e. The second-order valence-electron chi connectivity index (χ2n) is 4.02. The molecule has 1 aromatic carbocycles. The third-order valence-corrected chi connectivity index (χ3v) is 2.53. The van der Waals surface area contributed by atoms with Crippen molar-refractivity contribution in [3.8, 4) is 0 Å². The summed E-state index contributed by atoms with van der Waals surface area (Å²) in [6, 6.07) is 5.02. The van der Waals surface area contributed by atoms with Gasteiger partial charge in [0, 0.05) is 12.8 Å². The minimum atomic E-state index is -1.28. The first-order valence-electron chi connectivity index (χ1n) is 5.33. The molecule has 0 unspecified atom stereocenters. The van der Waals surface area contributed by atoms with E-state index >= 15 is 0 Å². The number of aromatic carboxylic acids is 2. The zero-order valence-corrected chi connectivity index (χ0v) is 9.54. The molecule has 6 nitrogen and oxygen atoms in total. The Morgan fingerprint density at radius 3 is 1.28 bits per heavy atom. The molecule has 0 aliphatic heterocycles. The normalized spacial score (nSPS) is 15.9. The van der Waals surface area contributed by atoms with Crippen LogP contribution >= 0.6 is 0 Å². The summed E-state index contributed by atoms with van der Waals surface area (Å²) in [7, 11) is 0. The molecule has 1 aliphatic carbocycles. The summed E-state index contributed by atoms with van der Waals surface area (Å²) in [5.41, 5.74) is 0.167. The van der Waals surface area contributed by atoms with Crippen molar-refractivity contribution >= 4 is 11.9 Å². The van der Waals surface area contributed by atoms with E-state index < -0.39 is 17.7 Å². The lowest BCUT2D eigenvalue weighted by atomic mass is 9.92. The molecule has 18 heavy (non-hydrogen) atoms. The zero-order chi connectivity index (χ0) is 13.8. The van der Waals surface area contributed by atoms with Crippen LogP contribution in [0.5, 0.6) is 0 Å². The Morgan fingerprint density at radius 1 is 0.889 bits per heavy atom. The van der Waals surface area contributed by atoms with E-state index in [0.717, 1.165) is 6.42 Å². The first-order chi connectivity index (χ1) is 8.32. The summed E-state index contributed by atoms with van der Waals surface area (Å²) >= 11 is 0. The van der Waals surface area contributed by atoms with Crippen LogP contribution in [0.4, 0.5) is 0 Å². The second kappa shape index (κ2) is 5.61. The summed E-state index contributed by atoms with van der Waals surface area (Å²) in [4.78, 5) is 20.7. The van der Waals surface area contributed by atoms with Gasteiger partial charge in [0.15, 0.2) is 5.79 Å². The van der Waals surface area contributed by atoms with Crippen LogP contribution in [0.25, 0.3) is 0 Å². The van der Waals surface area contributed by atoms with Crippen LogP contribution in [0.15, 0.2) is 24.3 Å². The molecule has 1 fully saturated rings. The van der Waals surface area contributed by atoms with Gasteiger partial charge in [0.1, 0.15) is 0 Å². The minimum absolute atomic E-state index is 0.0833. The standard InChI is InChI=1S/C8H6O4.C4H8O2/c9-7(10)5-1-2-6(4-3-5)8(11)12;5-4(6)2-1-3-4/h1-4H,(H,9,10)(H,11,12);5-6H,1-3H2. The molecule has 0 radical (unpaired) electrons. The number of carboxylic acid groups (broad SMARTS) is 2. The maximum atomic E-state index is 10.3. The van der Waals surface area contributed by atoms with Crippen molar-refractivity contribution in [3.63, 3.8) is 0 Å². The molecule has 2 rings (SSSR count). The molecule has 1 aromatic rings. The Kier molecular flexibility index (Phi) is 4.41. The molecule has 0 spiro atoms. The van der Waals surface area contributed by atoms with E-state index in [9.17, 15) is 9.59 Å². The number of benzene rings is 1. The minimum Gasteiger partial charge on any atom is -0.478 e. The number of carbonyl (C=O) groups is 2. The maximum absolute atomic E-state index is 10.3. The van der Waals surface area contributed by atoms with Gasteiger partial charge in [0.2, 0.25) is 0 Å². The van der Waals surface area contributed by atoms with Gasteiger partial charge in [0.05, 0.1) is 11.1 Å². The first kappa shape index (κ1) is 14.1. The predicted molar refractivity (Wildman–Crippen MR) is 61.4 cm³/mol. The molecule has 0 heterocycles. The topological polar surface area (TPSA) is 115 Å². The van der Waals surface area contributed by atoms with E-state index in [4.69, 9.17) is 20.4 Å². The van der Waals surface area contributed by atoms with Crippen molar-refractivity contribution < 1.29 is 30.0 Å². The van der Waals surface area contributed by atoms with E-state index in [0.29, 0.717) is 12.8 Å². The SMILES string of the molecule is O=C(O)c1ccc(C(=O)O)cc1.OC1(O)CCC1. The average molecular weight is 254 g/mol. The van der Waals surface area contributed by atoms with Gasteiger partial charge in [-0.2, -0.15) is 0 Å². The van der Waals surface area contributed by atoms with Crippen LogP contribution in [0.1, 0.15) is 40.0 Å². The van der Waals surface area contributed by atoms with Crippen molar-refractivity contribution in [2.45, 2.75) is 25.0 Å². The van der Waals surface area contributed by atoms with Gasteiger partial charge in [-0.15, -0.1) is 0 Å². The van der Waals surface area contributed by atoms with E-state index in [1.807, 2.05) is 0 Å². The largest absolute Gasteiger partial charge is 0.478 e. The summed E-state index contributed by atoms with van der Waals surface area (Å²) in [6.07, 6.45) is 2.09. The molecule has 6 heteroatoms. The molecular weight excluding hydrogens is 240 g/mol. The Balaban J connectivity index is 0.000000225. The lowest BCUT2D eigenvalue weighted by Crippen LogP contribution is -2.35. The summed E-state index contributed by atoms with van der Waals surface area (Å²) < 4.78 is 0. The third kappa shape index (κ3) is 4.15. The molecule has 1 saturated carbocycles. The summed E-state index contributed by atoms with van der Waals surface area (Å²) in [5, 5.41) is 33.9. The van der Waals surface area contributed by atoms with Crippen molar-refractivity contribution in [3.05, 3.63) is 35.4 Å². The van der Waals surface area contributed by atoms with E-state index in [2.05, 4.69) is 0 Å². The molecule has 0 bridgehead atoms. The lowest BCUT2D eigenvalue weighted by molar-refractivity contribution is -0.210. The molecule has 0 aromatic heterocycles. The van der Waals surface area contributed by atoms with Crippen LogP contribution in [0, 0.1) is 0 Å². The monoisotopic (exact) mass is 254 g/mol. The fourth-order valence-electron chi connectivity index (χ4n) is 1.25. The predicted octanol–water partition coefficient (Wildman–Crippen LogP) is 0.934. The third-order valence-electron chi connectivity index (χ3n) is 2.53. The van der Waals surface area contributed by atoms with Gasteiger partial charge >= 0.3 is 11.9 Å². The number of rotatable bonds is 2. The fourth-order valence-corrected chi connectivity index (χ4v) is 1.25. The molecule has 0 amide bonds. The first-order valence-corrected chi connectivity index (χ1v) is 5.33. The van der Waals surface area contributed by atoms with E-state index in [1.165, 1.54) is 24.3 Å². The highest BCUT2D eigenvalue weighted by Gasteiger charge is 2.30. The van der Waals surface area contributed by atoms with Gasteiger partial charge in [-0.25, -0.2) is 9.59 Å². The van der Waals surface area contributed by atoms with E-state index in [1.54, 1.807) is 0 Å². The van der Waals surface area contributed by atoms with Crippen molar-refractivity contribution in [1.29, 1.82) is 0 Å². The van der Waals surface area contributed by atoms with Crippen molar-refractivity contribution in [2.24, 2.45) is 0 Å². The number of carboxylic acids is 2. The van der Waals surface area contributed by atoms with Crippen LogP contribution in [0.2, 0.25) is 0 Å². The van der Waals surface area contributed by atoms with Gasteiger partial charge in [-0.1, -0.05) is 0 Å². The molecule has 4 N–H and O–H groups in total. The van der Waals surface area contributed by atoms with Gasteiger partial charge in [-0.3, -0.25) is 0 Å². The zero-order valence-electron chi connectivity index (χ0n) is 9.54. The Bertz CT molecular complexity index is 395. The quantitative estimate of drug-likeness (QED) is 0.584. The molecule has 98 valence electrons. The summed E-state index contributed by atoms with van der Waals surface area (Å²) in [5.74, 6) is -3.40. The lowest BCUT2D eigenvalue weighted by Gasteiger charge is -2.29. The average Bonchev–Trinajstić information content (AvgIpc) is 2.28. The van der Waals surface area contributed by atoms with Gasteiger partial charge in [0.25, 0.3) is 0 Å². The molecule has 1 aliphatic rings. The number of hydrogen-bond donors (Lipinski definition) is 4. The van der Waals surface area contributed by atoms with E-state index in [-0.39, 0.29) is 11.1 Å². The highest BCUT2D eigenvalue weighted by molar-refractivity contribution is 5.91. The second-order valence-corrected chi connectivity index (χ2v) is 4.02. The van der Waals surface area contributed by atoms with Crippen LogP contribution in [-0.4, -0.2) is 38.2 Å². The molecule has 0 atom stereocenters. The Morgan fingerprint density at radius 2 is 1.17 bits per heavy atom. The van der Waals surface area contributed by atoms with Crippen molar-refractivity contribution in [2.75, 3.05) is 0 Å². The van der Waals surface area contributed by atoms with Gasteiger partial charge < -0.3 is 20.4 Å². The fraction of sp³-hybridized carbons (Fsp3) is 0.333. The summed E-state index contributed by atoms with van der Waals surface area (Å²) in [6.45, 7) is 0. The molecule has 0 saturated heterocycles. The van der Waals surface area contributed by atoms with Crippen molar-refractivity contribution in [1.82, 2.24) is 0 Å². The number of hydrogen-bond acceptors (Lipinski definition) is 4. The van der Waals surface area contributed by atoms with Crippen LogP contribution in [-0.2, 0) is 0 Å². The van der Waals surface area contributed by atoms with Crippen LogP contribution < -0.4 is 0 Å². The molecular formula is C12H14O6. The Hall–Kier alpha value is -1.92. The smallest absolute Gasteiger partial charge is 0.335 e. The Labute approximate surface area is 103 Å². The highest BCUT2D eigenvalue weighted by Crippen LogP contribution is 2.27. The number of aliphatic hydroxyl groups is 2. The highest BCUT2D eigenvalue weighted by atomic mass is 16.5. The van der Waals surface area contributed by atoms with Gasteiger partial charge in [-0.05, 0) is 30.7 Å².